The summed E-state index contributed by atoms with van der Waals surface area (Å²) in [5, 5.41) is 0. The van der Waals surface area contributed by atoms with Crippen molar-refractivity contribution in [2.75, 3.05) is 19.1 Å². The molecule has 0 spiro atoms. The molecule has 1 amide bonds. The van der Waals surface area contributed by atoms with Crippen LogP contribution < -0.4 is 15.4 Å². The maximum Gasteiger partial charge on any atom is 0.226 e. The number of methoxy groups -OCH3 is 1. The summed E-state index contributed by atoms with van der Waals surface area (Å²) < 4.78 is 5.22. The number of rotatable bonds is 5. The number of hydrogen-bond donors (Lipinski definition) is 1. The Balaban J connectivity index is 2.74. The zero-order chi connectivity index (χ0) is 12.8. The predicted molar refractivity (Wildman–Crippen MR) is 69.3 cm³/mol. The van der Waals surface area contributed by atoms with Gasteiger partial charge in [0.15, 0.2) is 0 Å². The van der Waals surface area contributed by atoms with Crippen molar-refractivity contribution in [3.63, 3.8) is 0 Å². The number of benzene rings is 1. The summed E-state index contributed by atoms with van der Waals surface area (Å²) in [6.07, 6.45) is 1.14. The van der Waals surface area contributed by atoms with Crippen LogP contribution in [0.5, 0.6) is 5.75 Å². The number of carbonyl (C=O) groups is 1. The molecular weight excluding hydrogens is 216 g/mol. The highest BCUT2D eigenvalue weighted by Gasteiger charge is 2.14. The van der Waals surface area contributed by atoms with E-state index in [4.69, 9.17) is 10.5 Å². The normalized spacial score (nSPS) is 12.0. The van der Waals surface area contributed by atoms with Gasteiger partial charge < -0.3 is 15.4 Å². The number of hydrogen-bond acceptors (Lipinski definition) is 3. The maximum absolute atomic E-state index is 11.9. The third-order valence-electron chi connectivity index (χ3n) is 2.63. The van der Waals surface area contributed by atoms with Crippen LogP contribution in [0.1, 0.15) is 19.8 Å². The van der Waals surface area contributed by atoms with Gasteiger partial charge in [-0.15, -0.1) is 0 Å². The number of nitrogens with zero attached hydrogens (tertiary/aromatic N) is 1. The Labute approximate surface area is 102 Å². The minimum Gasteiger partial charge on any atom is -0.495 e. The van der Waals surface area contributed by atoms with E-state index in [2.05, 4.69) is 0 Å². The number of nitrogens with two attached hydrogens (primary N) is 1. The lowest BCUT2D eigenvalue weighted by molar-refractivity contribution is -0.118. The summed E-state index contributed by atoms with van der Waals surface area (Å²) in [7, 11) is 3.35. The van der Waals surface area contributed by atoms with Gasteiger partial charge in [0.2, 0.25) is 5.91 Å². The minimum absolute atomic E-state index is 0.0463. The molecule has 0 radical (unpaired) electrons. The van der Waals surface area contributed by atoms with Crippen molar-refractivity contribution >= 4 is 11.6 Å². The molecule has 1 atom stereocenters. The smallest absolute Gasteiger partial charge is 0.226 e. The van der Waals surface area contributed by atoms with Gasteiger partial charge in [0.25, 0.3) is 0 Å². The van der Waals surface area contributed by atoms with Gasteiger partial charge in [-0.25, -0.2) is 0 Å². The molecule has 17 heavy (non-hydrogen) atoms. The zero-order valence-corrected chi connectivity index (χ0v) is 10.6. The molecule has 0 heterocycles. The van der Waals surface area contributed by atoms with Crippen LogP contribution in [0.2, 0.25) is 0 Å². The van der Waals surface area contributed by atoms with Crippen molar-refractivity contribution in [1.29, 1.82) is 0 Å². The molecule has 0 aromatic heterocycles. The van der Waals surface area contributed by atoms with Gasteiger partial charge in [0.1, 0.15) is 5.75 Å². The summed E-state index contributed by atoms with van der Waals surface area (Å²) in [5.74, 6) is 0.746. The van der Waals surface area contributed by atoms with E-state index in [1.54, 1.807) is 19.1 Å². The van der Waals surface area contributed by atoms with Crippen molar-refractivity contribution in [3.05, 3.63) is 24.3 Å². The molecule has 0 saturated carbocycles. The third kappa shape index (κ3) is 3.75. The maximum atomic E-state index is 11.9. The Kier molecular flexibility index (Phi) is 4.97. The topological polar surface area (TPSA) is 55.6 Å². The lowest BCUT2D eigenvalue weighted by Gasteiger charge is -2.20. The fourth-order valence-corrected chi connectivity index (χ4v) is 1.56. The van der Waals surface area contributed by atoms with Crippen molar-refractivity contribution in [2.24, 2.45) is 5.73 Å². The molecule has 0 aliphatic carbocycles. The first kappa shape index (κ1) is 13.5. The van der Waals surface area contributed by atoms with E-state index in [-0.39, 0.29) is 11.9 Å². The van der Waals surface area contributed by atoms with Crippen LogP contribution in [-0.2, 0) is 4.79 Å². The number of anilines is 1. The number of para-hydroxylation sites is 2. The monoisotopic (exact) mass is 236 g/mol. The fourth-order valence-electron chi connectivity index (χ4n) is 1.56. The predicted octanol–water partition coefficient (Wildman–Crippen LogP) is 1.79. The molecule has 0 aliphatic rings. The second kappa shape index (κ2) is 6.25. The lowest BCUT2D eigenvalue weighted by Crippen LogP contribution is -2.28. The molecule has 1 aromatic carbocycles. The second-order valence-electron chi connectivity index (χ2n) is 4.14. The Bertz CT molecular complexity index is 377. The molecule has 0 fully saturated rings. The van der Waals surface area contributed by atoms with Crippen LogP contribution in [0.3, 0.4) is 0 Å². The van der Waals surface area contributed by atoms with E-state index in [0.717, 1.165) is 5.69 Å². The highest BCUT2D eigenvalue weighted by Crippen LogP contribution is 2.27. The number of ether oxygens (including phenoxy) is 1. The van der Waals surface area contributed by atoms with E-state index < -0.39 is 0 Å². The highest BCUT2D eigenvalue weighted by molar-refractivity contribution is 5.94. The zero-order valence-electron chi connectivity index (χ0n) is 10.6. The Morgan fingerprint density at radius 2 is 2.12 bits per heavy atom. The standard InChI is InChI=1S/C13H20N2O2/c1-10(14)8-9-13(16)15(2)11-6-4-5-7-12(11)17-3/h4-7,10H,8-9,14H2,1-3H3. The van der Waals surface area contributed by atoms with Gasteiger partial charge in [-0.05, 0) is 25.5 Å². The van der Waals surface area contributed by atoms with E-state index in [1.807, 2.05) is 31.2 Å². The van der Waals surface area contributed by atoms with E-state index >= 15 is 0 Å². The molecule has 0 saturated heterocycles. The van der Waals surface area contributed by atoms with E-state index in [1.165, 1.54) is 0 Å². The fraction of sp³-hybridized carbons (Fsp3) is 0.462. The van der Waals surface area contributed by atoms with Crippen molar-refractivity contribution < 1.29 is 9.53 Å². The minimum atomic E-state index is 0.0463. The van der Waals surface area contributed by atoms with Crippen LogP contribution in [0, 0.1) is 0 Å². The van der Waals surface area contributed by atoms with Gasteiger partial charge in [-0.1, -0.05) is 12.1 Å². The van der Waals surface area contributed by atoms with E-state index in [0.29, 0.717) is 18.6 Å². The Hall–Kier alpha value is -1.55. The molecule has 1 unspecified atom stereocenters. The Morgan fingerprint density at radius 1 is 1.47 bits per heavy atom. The van der Waals surface area contributed by atoms with Crippen LogP contribution >= 0.6 is 0 Å². The van der Waals surface area contributed by atoms with Crippen LogP contribution in [0.15, 0.2) is 24.3 Å². The van der Waals surface area contributed by atoms with Crippen molar-refractivity contribution in [3.8, 4) is 5.75 Å². The van der Waals surface area contributed by atoms with Crippen molar-refractivity contribution in [1.82, 2.24) is 0 Å². The van der Waals surface area contributed by atoms with Gasteiger partial charge in [0.05, 0.1) is 12.8 Å². The summed E-state index contributed by atoms with van der Waals surface area (Å²) in [5.41, 5.74) is 6.42. The summed E-state index contributed by atoms with van der Waals surface area (Å²) in [6, 6.07) is 7.51. The molecule has 1 aromatic rings. The third-order valence-corrected chi connectivity index (χ3v) is 2.63. The van der Waals surface area contributed by atoms with Gasteiger partial charge in [-0.3, -0.25) is 4.79 Å². The lowest BCUT2D eigenvalue weighted by atomic mass is 10.1. The van der Waals surface area contributed by atoms with Crippen LogP contribution in [0.25, 0.3) is 0 Å². The second-order valence-corrected chi connectivity index (χ2v) is 4.14. The van der Waals surface area contributed by atoms with Crippen molar-refractivity contribution in [2.45, 2.75) is 25.8 Å². The molecular formula is C13H20N2O2. The molecule has 0 bridgehead atoms. The van der Waals surface area contributed by atoms with Crippen LogP contribution in [0.4, 0.5) is 5.69 Å². The quantitative estimate of drug-likeness (QED) is 0.848. The number of amides is 1. The molecule has 4 heteroatoms. The molecule has 1 rings (SSSR count). The SMILES string of the molecule is COc1ccccc1N(C)C(=O)CCC(C)N. The number of carbonyl (C=O) groups excluding carboxylic acids is 1. The average Bonchev–Trinajstić information content (AvgIpc) is 2.34. The van der Waals surface area contributed by atoms with Gasteiger partial charge >= 0.3 is 0 Å². The summed E-state index contributed by atoms with van der Waals surface area (Å²) in [6.45, 7) is 1.90. The first-order chi connectivity index (χ1) is 8.06. The first-order valence-corrected chi connectivity index (χ1v) is 5.71. The molecule has 94 valence electrons. The largest absolute Gasteiger partial charge is 0.495 e. The molecule has 0 aliphatic heterocycles. The first-order valence-electron chi connectivity index (χ1n) is 5.71. The molecule has 2 N–H and O–H groups in total. The van der Waals surface area contributed by atoms with Crippen LogP contribution in [-0.4, -0.2) is 26.1 Å². The molecule has 4 nitrogen and oxygen atoms in total. The van der Waals surface area contributed by atoms with Gasteiger partial charge in [0, 0.05) is 19.5 Å². The summed E-state index contributed by atoms with van der Waals surface area (Å²) in [4.78, 5) is 13.5. The average molecular weight is 236 g/mol. The highest BCUT2D eigenvalue weighted by atomic mass is 16.5. The van der Waals surface area contributed by atoms with Gasteiger partial charge in [-0.2, -0.15) is 0 Å². The van der Waals surface area contributed by atoms with E-state index in [9.17, 15) is 4.79 Å². The Morgan fingerprint density at radius 3 is 2.71 bits per heavy atom. The summed E-state index contributed by atoms with van der Waals surface area (Å²) >= 11 is 0.